The zero-order valence-corrected chi connectivity index (χ0v) is 62.4. The van der Waals surface area contributed by atoms with E-state index in [9.17, 15) is 67.1 Å². The number of carbonyl (C=O) groups excluding carboxylic acids is 14. The van der Waals surface area contributed by atoms with Gasteiger partial charge in [0.1, 0.15) is 98.4 Å². The average molecular weight is 1500 g/mol. The molecule has 8 saturated heterocycles. The molecule has 4 aromatic rings. The number of esters is 2. The van der Waals surface area contributed by atoms with Crippen molar-refractivity contribution in [1.29, 1.82) is 0 Å². The maximum atomic E-state index is 14.5. The van der Waals surface area contributed by atoms with E-state index in [2.05, 4.69) is 36.9 Å². The highest BCUT2D eigenvalue weighted by molar-refractivity contribution is 6.00. The van der Waals surface area contributed by atoms with Gasteiger partial charge in [0.05, 0.1) is 6.20 Å². The first-order chi connectivity index (χ1) is 52.5. The Kier molecular flexibility index (Phi) is 27.0. The van der Waals surface area contributed by atoms with Crippen LogP contribution in [0.2, 0.25) is 0 Å². The van der Waals surface area contributed by atoms with E-state index in [1.165, 1.54) is 41.9 Å². The first-order valence-corrected chi connectivity index (χ1v) is 38.5. The molecule has 30 heteroatoms. The highest BCUT2D eigenvalue weighted by Gasteiger charge is 2.49. The molecule has 0 saturated carbocycles. The molecule has 8 fully saturated rings. The Morgan fingerprint density at radius 3 is 1.30 bits per heavy atom. The van der Waals surface area contributed by atoms with Crippen LogP contribution < -0.4 is 31.9 Å². The number of amides is 12. The van der Waals surface area contributed by atoms with Crippen LogP contribution in [0.1, 0.15) is 140 Å². The summed E-state index contributed by atoms with van der Waals surface area (Å²) in [6.07, 6.45) is 10.1. The van der Waals surface area contributed by atoms with E-state index >= 15 is 0 Å². The first-order valence-electron chi connectivity index (χ1n) is 38.5. The molecule has 109 heavy (non-hydrogen) atoms. The number of nitrogens with one attached hydrogen (secondary N) is 6. The predicted molar refractivity (Wildman–Crippen MR) is 391 cm³/mol. The third-order valence-electron chi connectivity index (χ3n) is 21.8. The van der Waals surface area contributed by atoms with Crippen molar-refractivity contribution in [3.05, 3.63) is 126 Å². The number of cyclic esters (lactones) is 2. The number of aromatic nitrogens is 1. The largest absolute Gasteiger partial charge is 0.461 e. The molecular formula is C79H101N13O17. The molecule has 1 aromatic heterocycles. The van der Waals surface area contributed by atoms with Crippen LogP contribution in [0.25, 0.3) is 0 Å². The van der Waals surface area contributed by atoms with Gasteiger partial charge >= 0.3 is 11.9 Å². The van der Waals surface area contributed by atoms with Gasteiger partial charge in [-0.2, -0.15) is 0 Å². The number of carbonyl (C=O) groups is 14. The summed E-state index contributed by atoms with van der Waals surface area (Å²) in [5, 5.41) is 16.7. The molecule has 12 amide bonds. The van der Waals surface area contributed by atoms with E-state index in [0.717, 1.165) is 23.1 Å². The van der Waals surface area contributed by atoms with Crippen LogP contribution in [0.3, 0.4) is 0 Å². The third kappa shape index (κ3) is 20.0. The van der Waals surface area contributed by atoms with Crippen molar-refractivity contribution >= 4 is 82.8 Å². The van der Waals surface area contributed by atoms with E-state index in [1.807, 2.05) is 80.6 Å². The summed E-state index contributed by atoms with van der Waals surface area (Å²) in [4.78, 5) is 207. The topological polar surface area (TPSA) is 375 Å². The van der Waals surface area contributed by atoms with E-state index < -0.39 is 157 Å². The Labute approximate surface area is 633 Å². The molecule has 0 radical (unpaired) electrons. The van der Waals surface area contributed by atoms with Gasteiger partial charge in [0, 0.05) is 58.5 Å². The zero-order chi connectivity index (χ0) is 77.4. The van der Waals surface area contributed by atoms with Crippen LogP contribution in [0.15, 0.2) is 108 Å². The first kappa shape index (κ1) is 79.5. The lowest BCUT2D eigenvalue weighted by atomic mass is 9.99. The Bertz CT molecular complexity index is 3940. The maximum absolute atomic E-state index is 14.5. The molecule has 0 bridgehead atoms. The molecule has 0 unspecified atom stereocenters. The number of hydrogen-bond acceptors (Lipinski definition) is 18. The van der Waals surface area contributed by atoms with Gasteiger partial charge in [-0.15, -0.1) is 0 Å². The second kappa shape index (κ2) is 37.0. The average Bonchev–Trinajstić information content (AvgIpc) is 1.76. The Hall–Kier alpha value is -10.5. The van der Waals surface area contributed by atoms with Gasteiger partial charge in [0.25, 0.3) is 0 Å². The molecule has 8 aliphatic rings. The summed E-state index contributed by atoms with van der Waals surface area (Å²) in [5.74, 6) is -7.50. The number of aryl methyl sites for hydroxylation is 1. The van der Waals surface area contributed by atoms with Crippen LogP contribution in [0.5, 0.6) is 0 Å². The SMILES string of the molecule is C[C@@H]1C[C@H]2C(=O)OC[C@H](NC(=O)[C@H](Cc3ccccc3)NC(=O)CCCc3ccccc3)C(=O)N3CCC[C@H]3C(=O)N3CCCC[C@H]3C(=O)N[C@@H](C)C(=O)N2C1.C[C@@H]1C[C@H]2C(=O)OC[C@H](NC(=O)[C@H](Cc3ccccc3)NC(=O)Cc3ncco3)C(=O)N3CCC[C@H]3C(=O)N3CCCC[C@H]3C(=O)N[C@@H](C)C(=O)N2C1. The number of piperidine rings is 2. The number of rotatable bonds is 16. The summed E-state index contributed by atoms with van der Waals surface area (Å²) < 4.78 is 16.7. The summed E-state index contributed by atoms with van der Waals surface area (Å²) in [5.41, 5.74) is 2.62. The molecule has 3 aromatic carbocycles. The quantitative estimate of drug-likeness (QED) is 0.0874. The Balaban J connectivity index is 0.000000217. The fourth-order valence-corrected chi connectivity index (χ4v) is 16.2. The van der Waals surface area contributed by atoms with Crippen molar-refractivity contribution in [3.8, 4) is 0 Å². The van der Waals surface area contributed by atoms with Gasteiger partial charge in [-0.05, 0) is 132 Å². The van der Waals surface area contributed by atoms with Crippen molar-refractivity contribution in [3.63, 3.8) is 0 Å². The number of hydrogen-bond donors (Lipinski definition) is 6. The Morgan fingerprint density at radius 1 is 0.468 bits per heavy atom. The summed E-state index contributed by atoms with van der Waals surface area (Å²) in [7, 11) is 0. The van der Waals surface area contributed by atoms with Gasteiger partial charge in [0.15, 0.2) is 0 Å². The molecule has 584 valence electrons. The molecule has 6 N–H and O–H groups in total. The minimum atomic E-state index is -1.43. The molecule has 0 aliphatic carbocycles. The lowest BCUT2D eigenvalue weighted by Gasteiger charge is -2.39. The predicted octanol–water partition coefficient (Wildman–Crippen LogP) is 1.99. The molecule has 14 atom stereocenters. The minimum Gasteiger partial charge on any atom is -0.461 e. The van der Waals surface area contributed by atoms with Gasteiger partial charge in [-0.25, -0.2) is 14.6 Å². The fraction of sp³-hybridized carbons (Fsp3) is 0.557. The van der Waals surface area contributed by atoms with Crippen molar-refractivity contribution in [2.75, 3.05) is 52.5 Å². The van der Waals surface area contributed by atoms with Crippen molar-refractivity contribution in [1.82, 2.24) is 66.3 Å². The van der Waals surface area contributed by atoms with Crippen molar-refractivity contribution < 1.29 is 81.0 Å². The fourth-order valence-electron chi connectivity index (χ4n) is 16.2. The smallest absolute Gasteiger partial charge is 0.328 e. The van der Waals surface area contributed by atoms with Gasteiger partial charge in [-0.1, -0.05) is 105 Å². The number of nitrogens with zero attached hydrogens (tertiary/aromatic N) is 7. The minimum absolute atomic E-state index is 0.0366. The van der Waals surface area contributed by atoms with Gasteiger partial charge < -0.3 is 75.2 Å². The summed E-state index contributed by atoms with van der Waals surface area (Å²) in [6, 6.07) is 15.6. The second-order valence-electron chi connectivity index (χ2n) is 30.1. The highest BCUT2D eigenvalue weighted by atomic mass is 16.5. The monoisotopic (exact) mass is 1500 g/mol. The van der Waals surface area contributed by atoms with Crippen LogP contribution in [0.4, 0.5) is 0 Å². The molecule has 12 rings (SSSR count). The normalized spacial score (nSPS) is 27.2. The van der Waals surface area contributed by atoms with E-state index in [1.54, 1.807) is 38.1 Å². The van der Waals surface area contributed by atoms with Crippen LogP contribution in [0, 0.1) is 11.8 Å². The van der Waals surface area contributed by atoms with Crippen LogP contribution >= 0.6 is 0 Å². The standard InChI is InChI=1S/C42H54N6O8.C37H47N7O9/c1-27-23-35-42(55)56-26-32(45-37(50)31(24-30-15-7-4-8-16-30)44-36(49)20-11-17-29-13-5-3-6-14-29)40(53)47-22-12-19-34(47)41(54)46-21-10-9-18-33(46)38(51)43-28(2)39(52)48(35)25-27;1-22-17-29-37(51)53-21-26(41-32(46)25(18-24-9-4-3-5-10-24)40-30(45)19-31-38-13-16-52-31)35(49)43-15-8-12-28(43)36(50)42-14-7-6-11-27(42)33(47)39-23(2)34(48)44(29)20-22/h3-8,13-16,27-28,31-35H,9-12,17-26H2,1-2H3,(H,43,51)(H,44,49)(H,45,50);3-5,9-10,13,16,22-23,25-29H,6-8,11-12,14-15,17-21H2,1-2H3,(H,39,47)(H,40,45)(H,41,46)/t27-,28+,31+,32+,33+,34+,35+;22-,23+,25+,26+,27+,28+,29+/m11/s1. The molecular weight excluding hydrogens is 1400 g/mol. The number of oxazole rings is 1. The zero-order valence-electron chi connectivity index (χ0n) is 62.4. The highest BCUT2D eigenvalue weighted by Crippen LogP contribution is 2.31. The van der Waals surface area contributed by atoms with Crippen LogP contribution in [-0.2, 0) is 102 Å². The lowest BCUT2D eigenvalue weighted by molar-refractivity contribution is -0.158. The lowest BCUT2D eigenvalue weighted by Crippen LogP contribution is -2.62. The summed E-state index contributed by atoms with van der Waals surface area (Å²) >= 11 is 0. The van der Waals surface area contributed by atoms with Crippen molar-refractivity contribution in [2.24, 2.45) is 11.8 Å². The van der Waals surface area contributed by atoms with Crippen molar-refractivity contribution in [2.45, 2.75) is 216 Å². The van der Waals surface area contributed by atoms with Gasteiger partial charge in [-0.3, -0.25) is 57.5 Å². The third-order valence-corrected chi connectivity index (χ3v) is 21.8. The van der Waals surface area contributed by atoms with E-state index in [0.29, 0.717) is 96.6 Å². The van der Waals surface area contributed by atoms with Gasteiger partial charge in [0.2, 0.25) is 76.8 Å². The van der Waals surface area contributed by atoms with E-state index in [-0.39, 0.29) is 81.4 Å². The molecule has 0 spiro atoms. The second-order valence-corrected chi connectivity index (χ2v) is 30.1. The summed E-state index contributed by atoms with van der Waals surface area (Å²) in [6.45, 7) is 7.42. The molecule has 9 heterocycles. The van der Waals surface area contributed by atoms with E-state index in [4.69, 9.17) is 13.9 Å². The molecule has 30 nitrogen and oxygen atoms in total. The number of benzene rings is 3. The van der Waals surface area contributed by atoms with Crippen LogP contribution in [-0.4, -0.2) is 242 Å². The molecule has 8 aliphatic heterocycles. The number of ether oxygens (including phenoxy) is 2. The Morgan fingerprint density at radius 2 is 0.872 bits per heavy atom. The maximum Gasteiger partial charge on any atom is 0.328 e. The number of fused-ring (bicyclic) bond motifs is 6.